The molecule has 0 fully saturated rings. The number of carbonyl (C=O) groups excluding carboxylic acids is 1. The summed E-state index contributed by atoms with van der Waals surface area (Å²) in [6.45, 7) is 2.46. The number of rotatable bonds is 4. The van der Waals surface area contributed by atoms with Crippen LogP contribution in [0.1, 0.15) is 21.6 Å². The monoisotopic (exact) mass is 310 g/mol. The molecule has 1 amide bonds. The lowest BCUT2D eigenvalue weighted by Gasteiger charge is -2.09. The van der Waals surface area contributed by atoms with Gasteiger partial charge in [0.2, 0.25) is 0 Å². The largest absolute Gasteiger partial charge is 0.508 e. The number of benzene rings is 2. The molecule has 23 heavy (non-hydrogen) atoms. The number of phenolic OH excluding ortho intramolecular Hbond substituents is 1. The minimum absolute atomic E-state index is 0.113. The third-order valence-corrected chi connectivity index (χ3v) is 4.05. The van der Waals surface area contributed by atoms with Crippen LogP contribution >= 0.6 is 0 Å². The molecule has 0 atom stereocenters. The van der Waals surface area contributed by atoms with Crippen molar-refractivity contribution in [2.24, 2.45) is 5.73 Å². The van der Waals surface area contributed by atoms with E-state index < -0.39 is 5.91 Å². The van der Waals surface area contributed by atoms with Gasteiger partial charge in [-0.25, -0.2) is 0 Å². The van der Waals surface area contributed by atoms with Crippen molar-refractivity contribution in [3.63, 3.8) is 0 Å². The SMILES string of the molecule is COc1ccc(Cn2c(C)c(C(N)=O)c3cc(O)ccc32)cc1. The van der Waals surface area contributed by atoms with Gasteiger partial charge in [0, 0.05) is 23.1 Å². The van der Waals surface area contributed by atoms with E-state index in [-0.39, 0.29) is 5.75 Å². The number of phenols is 1. The Morgan fingerprint density at radius 3 is 2.52 bits per heavy atom. The molecule has 5 heteroatoms. The first-order valence-corrected chi connectivity index (χ1v) is 7.26. The molecule has 2 aromatic carbocycles. The second kappa shape index (κ2) is 5.68. The molecular formula is C18H18N2O3. The molecule has 0 bridgehead atoms. The molecule has 3 N–H and O–H groups in total. The summed E-state index contributed by atoms with van der Waals surface area (Å²) in [6.07, 6.45) is 0. The third kappa shape index (κ3) is 2.61. The topological polar surface area (TPSA) is 77.5 Å². The highest BCUT2D eigenvalue weighted by Gasteiger charge is 2.18. The summed E-state index contributed by atoms with van der Waals surface area (Å²) < 4.78 is 7.19. The third-order valence-electron chi connectivity index (χ3n) is 4.05. The molecule has 3 aromatic rings. The fourth-order valence-electron chi connectivity index (χ4n) is 2.90. The number of fused-ring (bicyclic) bond motifs is 1. The molecule has 118 valence electrons. The van der Waals surface area contributed by atoms with E-state index in [9.17, 15) is 9.90 Å². The lowest BCUT2D eigenvalue weighted by molar-refractivity contribution is 0.100. The summed E-state index contributed by atoms with van der Waals surface area (Å²) >= 11 is 0. The fourth-order valence-corrected chi connectivity index (χ4v) is 2.90. The first-order chi connectivity index (χ1) is 11.0. The number of hydrogen-bond acceptors (Lipinski definition) is 3. The summed E-state index contributed by atoms with van der Waals surface area (Å²) in [7, 11) is 1.63. The molecule has 0 unspecified atom stereocenters. The van der Waals surface area contributed by atoms with Crippen LogP contribution in [0.15, 0.2) is 42.5 Å². The Hall–Kier alpha value is -2.95. The van der Waals surface area contributed by atoms with Gasteiger partial charge in [0.05, 0.1) is 12.7 Å². The normalized spacial score (nSPS) is 10.9. The van der Waals surface area contributed by atoms with Crippen LogP contribution in [0.2, 0.25) is 0 Å². The molecule has 0 aliphatic rings. The minimum atomic E-state index is -0.494. The van der Waals surface area contributed by atoms with Gasteiger partial charge >= 0.3 is 0 Å². The van der Waals surface area contributed by atoms with E-state index >= 15 is 0 Å². The summed E-state index contributed by atoms with van der Waals surface area (Å²) in [6, 6.07) is 12.7. The molecule has 0 radical (unpaired) electrons. The molecule has 1 heterocycles. The van der Waals surface area contributed by atoms with E-state index in [1.807, 2.05) is 35.8 Å². The standard InChI is InChI=1S/C18H18N2O3/c1-11-17(18(19)22)15-9-13(21)5-8-16(15)20(11)10-12-3-6-14(23-2)7-4-12/h3-9,21H,10H2,1-2H3,(H2,19,22). The quantitative estimate of drug-likeness (QED) is 0.778. The van der Waals surface area contributed by atoms with Crippen LogP contribution in [0.4, 0.5) is 0 Å². The maximum atomic E-state index is 11.8. The van der Waals surface area contributed by atoms with Crippen molar-refractivity contribution >= 4 is 16.8 Å². The number of nitrogens with two attached hydrogens (primary N) is 1. The molecule has 0 aliphatic heterocycles. The first-order valence-electron chi connectivity index (χ1n) is 7.26. The van der Waals surface area contributed by atoms with Gasteiger partial charge in [-0.3, -0.25) is 4.79 Å². The number of hydrogen-bond donors (Lipinski definition) is 2. The van der Waals surface area contributed by atoms with Gasteiger partial charge in [0.1, 0.15) is 11.5 Å². The number of aromatic nitrogens is 1. The van der Waals surface area contributed by atoms with Gasteiger partial charge in [0.25, 0.3) is 5.91 Å². The van der Waals surface area contributed by atoms with Gasteiger partial charge in [-0.1, -0.05) is 12.1 Å². The van der Waals surface area contributed by atoms with E-state index in [1.54, 1.807) is 25.3 Å². The number of nitrogens with zero attached hydrogens (tertiary/aromatic N) is 1. The van der Waals surface area contributed by atoms with Crippen molar-refractivity contribution in [2.45, 2.75) is 13.5 Å². The van der Waals surface area contributed by atoms with Crippen LogP contribution in [0.3, 0.4) is 0 Å². The van der Waals surface area contributed by atoms with Gasteiger partial charge < -0.3 is 20.1 Å². The van der Waals surface area contributed by atoms with E-state index in [0.717, 1.165) is 22.5 Å². The second-order valence-electron chi connectivity index (χ2n) is 5.46. The molecular weight excluding hydrogens is 292 g/mol. The number of methoxy groups -OCH3 is 1. The van der Waals surface area contributed by atoms with E-state index in [2.05, 4.69) is 0 Å². The minimum Gasteiger partial charge on any atom is -0.508 e. The number of primary amides is 1. The van der Waals surface area contributed by atoms with Crippen molar-refractivity contribution in [2.75, 3.05) is 7.11 Å². The molecule has 0 saturated carbocycles. The average molecular weight is 310 g/mol. The highest BCUT2D eigenvalue weighted by molar-refractivity contribution is 6.08. The Balaban J connectivity index is 2.12. The van der Waals surface area contributed by atoms with Gasteiger partial charge in [-0.05, 0) is 42.8 Å². The Labute approximate surface area is 133 Å². The Morgan fingerprint density at radius 2 is 1.91 bits per heavy atom. The smallest absolute Gasteiger partial charge is 0.251 e. The van der Waals surface area contributed by atoms with Crippen molar-refractivity contribution < 1.29 is 14.6 Å². The van der Waals surface area contributed by atoms with Crippen molar-refractivity contribution in [1.29, 1.82) is 0 Å². The van der Waals surface area contributed by atoms with Crippen molar-refractivity contribution in [3.8, 4) is 11.5 Å². The molecule has 5 nitrogen and oxygen atoms in total. The summed E-state index contributed by atoms with van der Waals surface area (Å²) in [5.74, 6) is 0.416. The van der Waals surface area contributed by atoms with Gasteiger partial charge in [-0.2, -0.15) is 0 Å². The van der Waals surface area contributed by atoms with Gasteiger partial charge in [-0.15, -0.1) is 0 Å². The maximum Gasteiger partial charge on any atom is 0.251 e. The first kappa shape index (κ1) is 15.0. The molecule has 3 rings (SSSR count). The molecule has 0 aliphatic carbocycles. The Morgan fingerprint density at radius 1 is 1.22 bits per heavy atom. The average Bonchev–Trinajstić information content (AvgIpc) is 2.79. The summed E-state index contributed by atoms with van der Waals surface area (Å²) in [5, 5.41) is 10.4. The van der Waals surface area contributed by atoms with Crippen LogP contribution in [0, 0.1) is 6.92 Å². The van der Waals surface area contributed by atoms with Crippen LogP contribution < -0.4 is 10.5 Å². The van der Waals surface area contributed by atoms with E-state index in [0.29, 0.717) is 17.5 Å². The Bertz CT molecular complexity index is 879. The van der Waals surface area contributed by atoms with Gasteiger partial charge in [0.15, 0.2) is 0 Å². The number of carbonyl (C=O) groups is 1. The molecule has 0 saturated heterocycles. The zero-order chi connectivity index (χ0) is 16.6. The van der Waals surface area contributed by atoms with Crippen LogP contribution in [0.5, 0.6) is 11.5 Å². The maximum absolute atomic E-state index is 11.8. The van der Waals surface area contributed by atoms with Crippen molar-refractivity contribution in [3.05, 3.63) is 59.3 Å². The van der Waals surface area contributed by atoms with Crippen LogP contribution in [-0.2, 0) is 6.54 Å². The lowest BCUT2D eigenvalue weighted by Crippen LogP contribution is -2.13. The summed E-state index contributed by atoms with van der Waals surface area (Å²) in [4.78, 5) is 11.8. The van der Waals surface area contributed by atoms with Crippen molar-refractivity contribution in [1.82, 2.24) is 4.57 Å². The predicted octanol–water partition coefficient (Wildman–Crippen LogP) is 2.81. The Kier molecular flexibility index (Phi) is 3.70. The van der Waals surface area contributed by atoms with E-state index in [1.165, 1.54) is 0 Å². The molecule has 1 aromatic heterocycles. The summed E-state index contributed by atoms with van der Waals surface area (Å²) in [5.41, 5.74) is 8.70. The fraction of sp³-hybridized carbons (Fsp3) is 0.167. The second-order valence-corrected chi connectivity index (χ2v) is 5.46. The lowest BCUT2D eigenvalue weighted by atomic mass is 10.1. The highest BCUT2D eigenvalue weighted by Crippen LogP contribution is 2.29. The predicted molar refractivity (Wildman–Crippen MR) is 89.0 cm³/mol. The number of amides is 1. The van der Waals surface area contributed by atoms with E-state index in [4.69, 9.17) is 10.5 Å². The zero-order valence-corrected chi connectivity index (χ0v) is 13.0. The highest BCUT2D eigenvalue weighted by atomic mass is 16.5. The number of ether oxygens (including phenoxy) is 1. The zero-order valence-electron chi connectivity index (χ0n) is 13.0. The van der Waals surface area contributed by atoms with Crippen LogP contribution in [0.25, 0.3) is 10.9 Å². The molecule has 0 spiro atoms. The van der Waals surface area contributed by atoms with Crippen LogP contribution in [-0.4, -0.2) is 22.7 Å². The number of aromatic hydroxyl groups is 1.